The fourth-order valence-electron chi connectivity index (χ4n) is 2.11. The second kappa shape index (κ2) is 4.93. The normalized spacial score (nSPS) is 11.7. The Balaban J connectivity index is 2.03. The fraction of sp³-hybridized carbons (Fsp3) is 0.125. The summed E-state index contributed by atoms with van der Waals surface area (Å²) in [6.07, 6.45) is 0. The average Bonchev–Trinajstić information content (AvgIpc) is 2.90. The van der Waals surface area contributed by atoms with Crippen LogP contribution in [0.25, 0.3) is 11.0 Å². The van der Waals surface area contributed by atoms with Gasteiger partial charge in [-0.15, -0.1) is 0 Å². The Kier molecular flexibility index (Phi) is 3.22. The van der Waals surface area contributed by atoms with Gasteiger partial charge < -0.3 is 4.42 Å². The minimum absolute atomic E-state index is 0.246. The minimum atomic E-state index is -3.62. The van der Waals surface area contributed by atoms with Crippen LogP contribution in [0.2, 0.25) is 0 Å². The van der Waals surface area contributed by atoms with Gasteiger partial charge >= 0.3 is 0 Å². The first kappa shape index (κ1) is 13.7. The number of para-hydroxylation sites is 1. The Morgan fingerprint density at radius 2 is 1.67 bits per heavy atom. The zero-order chi connectivity index (χ0) is 15.0. The highest BCUT2D eigenvalue weighted by Crippen LogP contribution is 2.28. The summed E-state index contributed by atoms with van der Waals surface area (Å²) in [4.78, 5) is 0.246. The molecule has 1 heterocycles. The Hall–Kier alpha value is -2.27. The smallest absolute Gasteiger partial charge is 0.266 e. The molecule has 0 amide bonds. The molecule has 4 nitrogen and oxygen atoms in total. The van der Waals surface area contributed by atoms with Gasteiger partial charge in [0.25, 0.3) is 10.0 Å². The van der Waals surface area contributed by atoms with Crippen molar-refractivity contribution in [3.05, 3.63) is 60.2 Å². The average molecular weight is 301 g/mol. The number of anilines is 1. The van der Waals surface area contributed by atoms with Gasteiger partial charge in [-0.05, 0) is 25.1 Å². The monoisotopic (exact) mass is 301 g/mol. The zero-order valence-electron chi connectivity index (χ0n) is 11.8. The molecule has 0 atom stereocenters. The van der Waals surface area contributed by atoms with E-state index in [4.69, 9.17) is 4.42 Å². The van der Waals surface area contributed by atoms with Gasteiger partial charge in [-0.1, -0.05) is 35.9 Å². The maximum atomic E-state index is 12.6. The van der Waals surface area contributed by atoms with Gasteiger partial charge in [-0.3, -0.25) is 0 Å². The lowest BCUT2D eigenvalue weighted by atomic mass is 10.2. The number of furan rings is 1. The summed E-state index contributed by atoms with van der Waals surface area (Å²) in [6.45, 7) is 1.92. The highest BCUT2D eigenvalue weighted by Gasteiger charge is 2.23. The maximum absolute atomic E-state index is 12.6. The standard InChI is InChI=1S/C16H15NO3S/c1-12-7-9-14(10-8-12)21(18,19)17(2)16-11-13-5-3-4-6-15(13)20-16/h3-11H,1-2H3. The third-order valence-corrected chi connectivity index (χ3v) is 5.17. The zero-order valence-corrected chi connectivity index (χ0v) is 12.6. The van der Waals surface area contributed by atoms with Crippen LogP contribution in [0.1, 0.15) is 5.56 Å². The molecule has 0 radical (unpaired) electrons. The van der Waals surface area contributed by atoms with Crippen LogP contribution in [0.15, 0.2) is 63.9 Å². The van der Waals surface area contributed by atoms with Crippen molar-refractivity contribution in [2.75, 3.05) is 11.4 Å². The molecule has 0 fully saturated rings. The molecular formula is C16H15NO3S. The van der Waals surface area contributed by atoms with E-state index in [0.717, 1.165) is 15.3 Å². The number of fused-ring (bicyclic) bond motifs is 1. The van der Waals surface area contributed by atoms with E-state index in [1.165, 1.54) is 7.05 Å². The summed E-state index contributed by atoms with van der Waals surface area (Å²) in [6, 6.07) is 15.9. The van der Waals surface area contributed by atoms with Crippen molar-refractivity contribution in [1.82, 2.24) is 0 Å². The van der Waals surface area contributed by atoms with Gasteiger partial charge in [0.05, 0.1) is 4.90 Å². The summed E-state index contributed by atoms with van der Waals surface area (Å²) < 4.78 is 31.9. The third-order valence-electron chi connectivity index (χ3n) is 3.40. The molecule has 0 aliphatic rings. The molecule has 5 heteroatoms. The van der Waals surface area contributed by atoms with Crippen LogP contribution >= 0.6 is 0 Å². The molecule has 1 aromatic heterocycles. The lowest BCUT2D eigenvalue weighted by molar-refractivity contribution is 0.579. The van der Waals surface area contributed by atoms with E-state index < -0.39 is 10.0 Å². The largest absolute Gasteiger partial charge is 0.440 e. The molecule has 0 aliphatic heterocycles. The lowest BCUT2D eigenvalue weighted by Gasteiger charge is -2.16. The quantitative estimate of drug-likeness (QED) is 0.743. The summed E-state index contributed by atoms with van der Waals surface area (Å²) in [5, 5.41) is 0.874. The Bertz CT molecular complexity index is 846. The Morgan fingerprint density at radius 3 is 2.33 bits per heavy atom. The van der Waals surface area contributed by atoms with E-state index in [1.807, 2.05) is 31.2 Å². The van der Waals surface area contributed by atoms with E-state index in [2.05, 4.69) is 0 Å². The van der Waals surface area contributed by atoms with Crippen LogP contribution < -0.4 is 4.31 Å². The number of hydrogen-bond donors (Lipinski definition) is 0. The molecule has 0 N–H and O–H groups in total. The molecule has 0 saturated carbocycles. The van der Waals surface area contributed by atoms with Gasteiger partial charge in [0.15, 0.2) is 0 Å². The second-order valence-electron chi connectivity index (χ2n) is 4.91. The lowest BCUT2D eigenvalue weighted by Crippen LogP contribution is -2.26. The first-order valence-corrected chi connectivity index (χ1v) is 7.97. The van der Waals surface area contributed by atoms with Crippen molar-refractivity contribution >= 4 is 26.9 Å². The van der Waals surface area contributed by atoms with Crippen molar-refractivity contribution in [1.29, 1.82) is 0 Å². The summed E-state index contributed by atoms with van der Waals surface area (Å²) in [5.41, 5.74) is 1.68. The third kappa shape index (κ3) is 2.40. The number of aryl methyl sites for hydroxylation is 1. The minimum Gasteiger partial charge on any atom is -0.440 e. The van der Waals surface area contributed by atoms with E-state index in [1.54, 1.807) is 30.3 Å². The first-order chi connectivity index (χ1) is 9.98. The number of hydrogen-bond acceptors (Lipinski definition) is 3. The molecule has 108 valence electrons. The predicted molar refractivity (Wildman–Crippen MR) is 83.0 cm³/mol. The Morgan fingerprint density at radius 1 is 1.00 bits per heavy atom. The molecular weight excluding hydrogens is 286 g/mol. The van der Waals surface area contributed by atoms with Crippen LogP contribution in [-0.4, -0.2) is 15.5 Å². The summed E-state index contributed by atoms with van der Waals surface area (Å²) in [7, 11) is -2.12. The number of sulfonamides is 1. The van der Waals surface area contributed by atoms with E-state index >= 15 is 0 Å². The van der Waals surface area contributed by atoms with Gasteiger partial charge in [0.2, 0.25) is 5.88 Å². The highest BCUT2D eigenvalue weighted by molar-refractivity contribution is 7.92. The van der Waals surface area contributed by atoms with Gasteiger partial charge in [-0.2, -0.15) is 0 Å². The van der Waals surface area contributed by atoms with Crippen molar-refractivity contribution in [3.63, 3.8) is 0 Å². The topological polar surface area (TPSA) is 50.5 Å². The highest BCUT2D eigenvalue weighted by atomic mass is 32.2. The molecule has 3 aromatic rings. The second-order valence-corrected chi connectivity index (χ2v) is 6.88. The number of rotatable bonds is 3. The summed E-state index contributed by atoms with van der Waals surface area (Å²) >= 11 is 0. The van der Waals surface area contributed by atoms with Crippen LogP contribution in [0.3, 0.4) is 0 Å². The molecule has 0 bridgehead atoms. The van der Waals surface area contributed by atoms with E-state index in [0.29, 0.717) is 11.5 Å². The van der Waals surface area contributed by atoms with Crippen molar-refractivity contribution in [2.24, 2.45) is 0 Å². The SMILES string of the molecule is Cc1ccc(S(=O)(=O)N(C)c2cc3ccccc3o2)cc1. The maximum Gasteiger partial charge on any atom is 0.266 e. The van der Waals surface area contributed by atoms with Crippen molar-refractivity contribution in [3.8, 4) is 0 Å². The van der Waals surface area contributed by atoms with Crippen LogP contribution in [0.5, 0.6) is 0 Å². The van der Waals surface area contributed by atoms with E-state index in [9.17, 15) is 8.42 Å². The first-order valence-electron chi connectivity index (χ1n) is 6.53. The molecule has 0 spiro atoms. The fourth-order valence-corrected chi connectivity index (χ4v) is 3.23. The van der Waals surface area contributed by atoms with Crippen LogP contribution in [-0.2, 0) is 10.0 Å². The number of nitrogens with zero attached hydrogens (tertiary/aromatic N) is 1. The molecule has 3 rings (SSSR count). The van der Waals surface area contributed by atoms with Crippen molar-refractivity contribution < 1.29 is 12.8 Å². The van der Waals surface area contributed by atoms with Gasteiger partial charge in [0.1, 0.15) is 5.58 Å². The van der Waals surface area contributed by atoms with Crippen molar-refractivity contribution in [2.45, 2.75) is 11.8 Å². The predicted octanol–water partition coefficient (Wildman–Crippen LogP) is 3.57. The van der Waals surface area contributed by atoms with Gasteiger partial charge in [-0.25, -0.2) is 12.7 Å². The molecule has 0 saturated heterocycles. The van der Waals surface area contributed by atoms with Gasteiger partial charge in [0, 0.05) is 18.5 Å². The van der Waals surface area contributed by atoms with Crippen LogP contribution in [0, 0.1) is 6.92 Å². The molecule has 21 heavy (non-hydrogen) atoms. The summed E-state index contributed by atoms with van der Waals surface area (Å²) in [5.74, 6) is 0.303. The Labute approximate surface area is 123 Å². The van der Waals surface area contributed by atoms with E-state index in [-0.39, 0.29) is 4.90 Å². The number of benzene rings is 2. The van der Waals surface area contributed by atoms with Crippen LogP contribution in [0.4, 0.5) is 5.88 Å². The molecule has 2 aromatic carbocycles. The molecule has 0 unspecified atom stereocenters. The molecule has 0 aliphatic carbocycles.